The number of alkyl halides is 3. The van der Waals surface area contributed by atoms with Crippen LogP contribution < -0.4 is 5.32 Å². The van der Waals surface area contributed by atoms with Gasteiger partial charge in [-0.3, -0.25) is 0 Å². The predicted octanol–water partition coefficient (Wildman–Crippen LogP) is 3.52. The number of benzene rings is 1. The first-order valence-corrected chi connectivity index (χ1v) is 5.40. The standard InChI is InChI=1S/C12H14F3N/c1-8(16-11-5-6-11)9-3-2-4-10(7-9)12(13,14)15/h2-4,7-8,11,16H,5-6H2,1H3. The van der Waals surface area contributed by atoms with Crippen LogP contribution in [0.4, 0.5) is 13.2 Å². The maximum atomic E-state index is 12.5. The van der Waals surface area contributed by atoms with Gasteiger partial charge in [-0.1, -0.05) is 12.1 Å². The average Bonchev–Trinajstić information content (AvgIpc) is 3.00. The summed E-state index contributed by atoms with van der Waals surface area (Å²) in [7, 11) is 0. The molecule has 0 heterocycles. The summed E-state index contributed by atoms with van der Waals surface area (Å²) >= 11 is 0. The molecule has 0 spiro atoms. The van der Waals surface area contributed by atoms with Gasteiger partial charge in [0.1, 0.15) is 0 Å². The van der Waals surface area contributed by atoms with E-state index in [0.717, 1.165) is 18.9 Å². The van der Waals surface area contributed by atoms with Gasteiger partial charge in [-0.25, -0.2) is 0 Å². The number of nitrogens with one attached hydrogen (secondary N) is 1. The minimum absolute atomic E-state index is 0.0187. The van der Waals surface area contributed by atoms with E-state index in [2.05, 4.69) is 5.32 Å². The highest BCUT2D eigenvalue weighted by molar-refractivity contribution is 5.27. The summed E-state index contributed by atoms with van der Waals surface area (Å²) in [4.78, 5) is 0. The second-order valence-electron chi connectivity index (χ2n) is 4.29. The van der Waals surface area contributed by atoms with Gasteiger partial charge in [0.05, 0.1) is 5.56 Å². The third-order valence-electron chi connectivity index (χ3n) is 2.78. The van der Waals surface area contributed by atoms with Gasteiger partial charge in [0.2, 0.25) is 0 Å². The second kappa shape index (κ2) is 4.09. The number of halogens is 3. The van der Waals surface area contributed by atoms with Crippen molar-refractivity contribution < 1.29 is 13.2 Å². The Labute approximate surface area is 92.7 Å². The quantitative estimate of drug-likeness (QED) is 0.836. The third kappa shape index (κ3) is 2.76. The molecule has 1 fully saturated rings. The van der Waals surface area contributed by atoms with Crippen molar-refractivity contribution in [2.24, 2.45) is 0 Å². The van der Waals surface area contributed by atoms with Crippen LogP contribution >= 0.6 is 0 Å². The largest absolute Gasteiger partial charge is 0.416 e. The molecule has 1 aromatic carbocycles. The van der Waals surface area contributed by atoms with Crippen molar-refractivity contribution in [3.05, 3.63) is 35.4 Å². The van der Waals surface area contributed by atoms with Crippen molar-refractivity contribution in [1.29, 1.82) is 0 Å². The molecule has 1 aliphatic rings. The zero-order valence-electron chi connectivity index (χ0n) is 9.01. The van der Waals surface area contributed by atoms with Crippen molar-refractivity contribution in [2.45, 2.75) is 38.0 Å². The van der Waals surface area contributed by atoms with Crippen molar-refractivity contribution in [2.75, 3.05) is 0 Å². The van der Waals surface area contributed by atoms with Gasteiger partial charge in [0.15, 0.2) is 0 Å². The molecule has 1 saturated carbocycles. The summed E-state index contributed by atoms with van der Waals surface area (Å²) in [5, 5.41) is 3.28. The summed E-state index contributed by atoms with van der Waals surface area (Å²) in [6.07, 6.45) is -2.00. The maximum absolute atomic E-state index is 12.5. The van der Waals surface area contributed by atoms with Crippen LogP contribution in [0.2, 0.25) is 0 Å². The van der Waals surface area contributed by atoms with Gasteiger partial charge in [0.25, 0.3) is 0 Å². The van der Waals surface area contributed by atoms with Crippen LogP contribution in [0.15, 0.2) is 24.3 Å². The number of hydrogen-bond donors (Lipinski definition) is 1. The molecule has 0 amide bonds. The number of rotatable bonds is 3. The Morgan fingerprint density at radius 1 is 1.31 bits per heavy atom. The lowest BCUT2D eigenvalue weighted by molar-refractivity contribution is -0.137. The normalized spacial score (nSPS) is 18.5. The monoisotopic (exact) mass is 229 g/mol. The molecule has 0 saturated heterocycles. The molecular weight excluding hydrogens is 215 g/mol. The molecule has 2 rings (SSSR count). The first-order valence-electron chi connectivity index (χ1n) is 5.40. The van der Waals surface area contributed by atoms with E-state index in [1.54, 1.807) is 6.07 Å². The molecule has 1 aromatic rings. The van der Waals surface area contributed by atoms with E-state index in [4.69, 9.17) is 0 Å². The first-order chi connectivity index (χ1) is 7.47. The third-order valence-corrected chi connectivity index (χ3v) is 2.78. The second-order valence-corrected chi connectivity index (χ2v) is 4.29. The highest BCUT2D eigenvalue weighted by atomic mass is 19.4. The van der Waals surface area contributed by atoms with E-state index in [-0.39, 0.29) is 6.04 Å². The SMILES string of the molecule is CC(NC1CC1)c1cccc(C(F)(F)F)c1. The molecule has 1 aliphatic carbocycles. The fourth-order valence-corrected chi connectivity index (χ4v) is 1.68. The minimum atomic E-state index is -4.25. The Balaban J connectivity index is 2.14. The van der Waals surface area contributed by atoms with Gasteiger partial charge in [0, 0.05) is 12.1 Å². The van der Waals surface area contributed by atoms with Gasteiger partial charge in [-0.05, 0) is 37.5 Å². The molecule has 1 nitrogen and oxygen atoms in total. The minimum Gasteiger partial charge on any atom is -0.307 e. The van der Waals surface area contributed by atoms with Crippen LogP contribution in [0.5, 0.6) is 0 Å². The maximum Gasteiger partial charge on any atom is 0.416 e. The molecule has 1 unspecified atom stereocenters. The molecule has 0 aliphatic heterocycles. The topological polar surface area (TPSA) is 12.0 Å². The summed E-state index contributed by atoms with van der Waals surface area (Å²) in [5.41, 5.74) is 0.121. The molecule has 4 heteroatoms. The van der Waals surface area contributed by atoms with Gasteiger partial charge in [-0.2, -0.15) is 13.2 Å². The van der Waals surface area contributed by atoms with E-state index in [1.807, 2.05) is 6.92 Å². The van der Waals surface area contributed by atoms with Crippen molar-refractivity contribution >= 4 is 0 Å². The lowest BCUT2D eigenvalue weighted by Crippen LogP contribution is -2.21. The van der Waals surface area contributed by atoms with Gasteiger partial charge in [-0.15, -0.1) is 0 Å². The highest BCUT2D eigenvalue weighted by Crippen LogP contribution is 2.31. The van der Waals surface area contributed by atoms with E-state index in [9.17, 15) is 13.2 Å². The van der Waals surface area contributed by atoms with Crippen LogP contribution in [0, 0.1) is 0 Å². The van der Waals surface area contributed by atoms with Crippen molar-refractivity contribution in [3.8, 4) is 0 Å². The zero-order chi connectivity index (χ0) is 11.8. The number of hydrogen-bond acceptors (Lipinski definition) is 1. The Hall–Kier alpha value is -1.03. The van der Waals surface area contributed by atoms with E-state index >= 15 is 0 Å². The summed E-state index contributed by atoms with van der Waals surface area (Å²) in [5.74, 6) is 0. The summed E-state index contributed by atoms with van der Waals surface area (Å²) < 4.78 is 37.5. The fraction of sp³-hybridized carbons (Fsp3) is 0.500. The summed E-state index contributed by atoms with van der Waals surface area (Å²) in [6, 6.07) is 5.99. The van der Waals surface area contributed by atoms with Crippen LogP contribution in [0.25, 0.3) is 0 Å². The zero-order valence-corrected chi connectivity index (χ0v) is 9.01. The van der Waals surface area contributed by atoms with Gasteiger partial charge >= 0.3 is 6.18 Å². The van der Waals surface area contributed by atoms with Crippen LogP contribution in [0.3, 0.4) is 0 Å². The molecule has 1 atom stereocenters. The Morgan fingerprint density at radius 3 is 2.56 bits per heavy atom. The molecule has 88 valence electrons. The molecule has 16 heavy (non-hydrogen) atoms. The molecule has 1 N–H and O–H groups in total. The summed E-state index contributed by atoms with van der Waals surface area (Å²) in [6.45, 7) is 1.90. The van der Waals surface area contributed by atoms with Crippen LogP contribution in [-0.4, -0.2) is 6.04 Å². The van der Waals surface area contributed by atoms with Crippen molar-refractivity contribution in [1.82, 2.24) is 5.32 Å². The van der Waals surface area contributed by atoms with Crippen LogP contribution in [-0.2, 0) is 6.18 Å². The Bertz CT molecular complexity index is 369. The van der Waals surface area contributed by atoms with Crippen molar-refractivity contribution in [3.63, 3.8) is 0 Å². The molecule has 0 radical (unpaired) electrons. The predicted molar refractivity (Wildman–Crippen MR) is 56.0 cm³/mol. The van der Waals surface area contributed by atoms with E-state index < -0.39 is 11.7 Å². The Morgan fingerprint density at radius 2 is 2.00 bits per heavy atom. The average molecular weight is 229 g/mol. The van der Waals surface area contributed by atoms with E-state index in [0.29, 0.717) is 11.6 Å². The lowest BCUT2D eigenvalue weighted by atomic mass is 10.0. The molecular formula is C12H14F3N. The van der Waals surface area contributed by atoms with Crippen LogP contribution in [0.1, 0.15) is 36.9 Å². The smallest absolute Gasteiger partial charge is 0.307 e. The van der Waals surface area contributed by atoms with E-state index in [1.165, 1.54) is 12.1 Å². The molecule has 0 aromatic heterocycles. The highest BCUT2D eigenvalue weighted by Gasteiger charge is 2.31. The fourth-order valence-electron chi connectivity index (χ4n) is 1.68. The molecule has 0 bridgehead atoms. The first kappa shape index (κ1) is 11.5. The Kier molecular flexibility index (Phi) is 2.93. The van der Waals surface area contributed by atoms with Gasteiger partial charge < -0.3 is 5.32 Å². The lowest BCUT2D eigenvalue weighted by Gasteiger charge is -2.15.